The van der Waals surface area contributed by atoms with Gasteiger partial charge in [0, 0.05) is 24.3 Å². The van der Waals surface area contributed by atoms with Gasteiger partial charge in [-0.1, -0.05) is 48.6 Å². The number of nitrogens with zero attached hydrogens (tertiary/aromatic N) is 2. The number of carbonyl (C=O) groups is 5. The van der Waals surface area contributed by atoms with Crippen molar-refractivity contribution in [1.82, 2.24) is 20.4 Å². The summed E-state index contributed by atoms with van der Waals surface area (Å²) in [6.07, 6.45) is 3.39. The minimum absolute atomic E-state index is 0.0638. The lowest BCUT2D eigenvalue weighted by Crippen LogP contribution is -2.68. The third-order valence-corrected chi connectivity index (χ3v) is 7.63. The fourth-order valence-electron chi connectivity index (χ4n) is 5.59. The molecule has 0 aliphatic carbocycles. The first-order valence-electron chi connectivity index (χ1n) is 14.1. The highest BCUT2D eigenvalue weighted by atomic mass is 16.7. The van der Waals surface area contributed by atoms with Crippen LogP contribution in [0.2, 0.25) is 0 Å². The zero-order valence-electron chi connectivity index (χ0n) is 23.3. The molecule has 2 N–H and O–H groups in total. The standard InChI is InChI=1S/C31H34N4O7/c1-2-41-31-24(17-26(36)42-31)33-28(38)25-19-34(29(39)21-13-7-4-8-14-21)18-22-15-9-10-16-23(30(40)35(22)25)32-27(37)20-11-5-3-6-12-20/h3-14,22-25,31H,2,15-19H2,1H3,(H,32,37)(H,33,38)/t22-,23-,24?,25-,31?/m0/s1. The van der Waals surface area contributed by atoms with Gasteiger partial charge in [-0.3, -0.25) is 24.0 Å². The smallest absolute Gasteiger partial charge is 0.310 e. The monoisotopic (exact) mass is 574 g/mol. The molecule has 2 fully saturated rings. The lowest BCUT2D eigenvalue weighted by molar-refractivity contribution is -0.165. The zero-order chi connectivity index (χ0) is 29.6. The van der Waals surface area contributed by atoms with Crippen LogP contribution in [0.4, 0.5) is 0 Å². The van der Waals surface area contributed by atoms with E-state index < -0.39 is 54.1 Å². The summed E-state index contributed by atoms with van der Waals surface area (Å²) in [7, 11) is 0. The highest BCUT2D eigenvalue weighted by molar-refractivity contribution is 5.99. The molecule has 5 atom stereocenters. The first-order chi connectivity index (χ1) is 20.4. The van der Waals surface area contributed by atoms with Crippen LogP contribution in [0.1, 0.15) is 46.9 Å². The Bertz CT molecular complexity index is 1350. The van der Waals surface area contributed by atoms with Gasteiger partial charge in [-0.15, -0.1) is 0 Å². The van der Waals surface area contributed by atoms with Gasteiger partial charge in [-0.25, -0.2) is 0 Å². The van der Waals surface area contributed by atoms with E-state index in [2.05, 4.69) is 10.6 Å². The molecule has 11 nitrogen and oxygen atoms in total. The molecule has 0 aromatic heterocycles. The molecule has 2 saturated heterocycles. The van der Waals surface area contributed by atoms with Crippen LogP contribution in [-0.2, 0) is 23.9 Å². The predicted octanol–water partition coefficient (Wildman–Crippen LogP) is 1.65. The van der Waals surface area contributed by atoms with E-state index in [1.807, 2.05) is 18.2 Å². The lowest BCUT2D eigenvalue weighted by atomic mass is 9.96. The van der Waals surface area contributed by atoms with E-state index in [0.29, 0.717) is 17.5 Å². The van der Waals surface area contributed by atoms with Crippen molar-refractivity contribution >= 4 is 29.6 Å². The van der Waals surface area contributed by atoms with Crippen LogP contribution >= 0.6 is 0 Å². The average Bonchev–Trinajstić information content (AvgIpc) is 3.35. The fourth-order valence-corrected chi connectivity index (χ4v) is 5.59. The number of fused-ring (bicyclic) bond motifs is 1. The summed E-state index contributed by atoms with van der Waals surface area (Å²) in [6, 6.07) is 14.1. The topological polar surface area (TPSA) is 134 Å². The largest absolute Gasteiger partial charge is 0.433 e. The zero-order valence-corrected chi connectivity index (χ0v) is 23.3. The van der Waals surface area contributed by atoms with Crippen molar-refractivity contribution in [2.45, 2.75) is 56.6 Å². The number of carbonyl (C=O) groups excluding carboxylic acids is 5. The van der Waals surface area contributed by atoms with Gasteiger partial charge in [-0.2, -0.15) is 0 Å². The Morgan fingerprint density at radius 3 is 2.26 bits per heavy atom. The van der Waals surface area contributed by atoms with Crippen molar-refractivity contribution in [2.24, 2.45) is 0 Å². The molecule has 3 aliphatic heterocycles. The molecule has 42 heavy (non-hydrogen) atoms. The maximum absolute atomic E-state index is 14.1. The van der Waals surface area contributed by atoms with Gasteiger partial charge in [0.15, 0.2) is 0 Å². The van der Waals surface area contributed by atoms with Gasteiger partial charge in [-0.05, 0) is 44.0 Å². The Balaban J connectivity index is 1.43. The third kappa shape index (κ3) is 6.36. The summed E-state index contributed by atoms with van der Waals surface area (Å²) in [5.41, 5.74) is 0.880. The van der Waals surface area contributed by atoms with E-state index in [1.165, 1.54) is 4.90 Å². The quantitative estimate of drug-likeness (QED) is 0.379. The molecule has 2 unspecified atom stereocenters. The van der Waals surface area contributed by atoms with Crippen molar-refractivity contribution < 1.29 is 33.4 Å². The molecule has 0 radical (unpaired) electrons. The van der Waals surface area contributed by atoms with Gasteiger partial charge in [0.2, 0.25) is 18.1 Å². The second-order valence-electron chi connectivity index (χ2n) is 10.5. The molecule has 5 rings (SSSR count). The molecule has 0 bridgehead atoms. The molecule has 0 saturated carbocycles. The van der Waals surface area contributed by atoms with Gasteiger partial charge >= 0.3 is 5.97 Å². The maximum Gasteiger partial charge on any atom is 0.310 e. The Morgan fingerprint density at radius 1 is 0.905 bits per heavy atom. The average molecular weight is 575 g/mol. The maximum atomic E-state index is 14.1. The summed E-state index contributed by atoms with van der Waals surface area (Å²) in [5.74, 6) is -2.12. The van der Waals surface area contributed by atoms with Gasteiger partial charge in [0.25, 0.3) is 11.8 Å². The van der Waals surface area contributed by atoms with E-state index in [-0.39, 0.29) is 38.4 Å². The normalized spacial score (nSPS) is 25.6. The van der Waals surface area contributed by atoms with E-state index in [1.54, 1.807) is 66.4 Å². The third-order valence-electron chi connectivity index (χ3n) is 7.63. The van der Waals surface area contributed by atoms with Crippen molar-refractivity contribution in [1.29, 1.82) is 0 Å². The first kappa shape index (κ1) is 29.0. The molecule has 3 aliphatic rings. The van der Waals surface area contributed by atoms with Crippen LogP contribution in [0.25, 0.3) is 0 Å². The number of hydrogen-bond donors (Lipinski definition) is 2. The number of benzene rings is 2. The summed E-state index contributed by atoms with van der Waals surface area (Å²) >= 11 is 0. The van der Waals surface area contributed by atoms with Crippen molar-refractivity contribution in [3.05, 3.63) is 83.9 Å². The number of cyclic esters (lactones) is 1. The van der Waals surface area contributed by atoms with Crippen LogP contribution in [0.3, 0.4) is 0 Å². The Labute approximate surface area is 243 Å². The molecular formula is C31H34N4O7. The highest BCUT2D eigenvalue weighted by Gasteiger charge is 2.46. The van der Waals surface area contributed by atoms with Crippen LogP contribution in [0, 0.1) is 0 Å². The minimum Gasteiger partial charge on any atom is -0.433 e. The summed E-state index contributed by atoms with van der Waals surface area (Å²) in [5, 5.41) is 5.67. The fraction of sp³-hybridized carbons (Fsp3) is 0.387. The van der Waals surface area contributed by atoms with Crippen LogP contribution < -0.4 is 10.6 Å². The number of rotatable bonds is 7. The van der Waals surface area contributed by atoms with Crippen LogP contribution in [0.5, 0.6) is 0 Å². The van der Waals surface area contributed by atoms with Crippen molar-refractivity contribution in [3.8, 4) is 0 Å². The number of nitrogens with one attached hydrogen (secondary N) is 2. The molecule has 11 heteroatoms. The van der Waals surface area contributed by atoms with Gasteiger partial charge < -0.3 is 29.9 Å². The van der Waals surface area contributed by atoms with Crippen molar-refractivity contribution in [2.75, 3.05) is 19.7 Å². The SMILES string of the molecule is CCOC1OC(=O)CC1NC(=O)[C@@H]1CN(C(=O)c2ccccc2)C[C@@H]2CC=CC[C@H](NC(=O)c3ccccc3)C(=O)N21. The molecule has 0 spiro atoms. The number of amides is 4. The van der Waals surface area contributed by atoms with Gasteiger partial charge in [0.05, 0.1) is 19.0 Å². The number of esters is 1. The Kier molecular flexibility index (Phi) is 8.97. The molecule has 2 aromatic rings. The summed E-state index contributed by atoms with van der Waals surface area (Å²) in [6.45, 7) is 2.17. The molecule has 2 aromatic carbocycles. The molecule has 3 heterocycles. The number of ether oxygens (including phenoxy) is 2. The second-order valence-corrected chi connectivity index (χ2v) is 10.5. The van der Waals surface area contributed by atoms with E-state index in [9.17, 15) is 24.0 Å². The van der Waals surface area contributed by atoms with Crippen LogP contribution in [0.15, 0.2) is 72.8 Å². The van der Waals surface area contributed by atoms with E-state index in [4.69, 9.17) is 9.47 Å². The predicted molar refractivity (Wildman–Crippen MR) is 151 cm³/mol. The molecule has 220 valence electrons. The molecular weight excluding hydrogens is 540 g/mol. The van der Waals surface area contributed by atoms with E-state index >= 15 is 0 Å². The van der Waals surface area contributed by atoms with Crippen molar-refractivity contribution in [3.63, 3.8) is 0 Å². The first-order valence-corrected chi connectivity index (χ1v) is 14.1. The Morgan fingerprint density at radius 2 is 1.57 bits per heavy atom. The highest BCUT2D eigenvalue weighted by Crippen LogP contribution is 2.26. The number of hydrogen-bond acceptors (Lipinski definition) is 7. The molecule has 4 amide bonds. The van der Waals surface area contributed by atoms with E-state index in [0.717, 1.165) is 0 Å². The minimum atomic E-state index is -1.08. The summed E-state index contributed by atoms with van der Waals surface area (Å²) in [4.78, 5) is 69.6. The second kappa shape index (κ2) is 13.0. The van der Waals surface area contributed by atoms with Gasteiger partial charge in [0.1, 0.15) is 18.1 Å². The lowest BCUT2D eigenvalue weighted by Gasteiger charge is -2.47. The summed E-state index contributed by atoms with van der Waals surface area (Å²) < 4.78 is 10.7. The number of piperazine rings is 1. The van der Waals surface area contributed by atoms with Crippen LogP contribution in [-0.4, -0.2) is 89.6 Å². The Hall–Kier alpha value is -4.51.